The van der Waals surface area contributed by atoms with E-state index in [1.54, 1.807) is 31.0 Å². The largest absolute Gasteiger partial charge is 0.453 e. The number of benzene rings is 1. The van der Waals surface area contributed by atoms with Crippen LogP contribution in [0.2, 0.25) is 0 Å². The van der Waals surface area contributed by atoms with Gasteiger partial charge in [-0.05, 0) is 24.6 Å². The van der Waals surface area contributed by atoms with Crippen LogP contribution in [0.5, 0.6) is 0 Å². The summed E-state index contributed by atoms with van der Waals surface area (Å²) in [6.45, 7) is 1.98. The van der Waals surface area contributed by atoms with Gasteiger partial charge in [-0.25, -0.2) is 9.37 Å². The first-order valence-corrected chi connectivity index (χ1v) is 7.91. The maximum atomic E-state index is 13.2. The molecule has 0 radical (unpaired) electrons. The summed E-state index contributed by atoms with van der Waals surface area (Å²) in [7, 11) is 1.69. The Morgan fingerprint density at radius 2 is 1.92 bits per heavy atom. The summed E-state index contributed by atoms with van der Waals surface area (Å²) in [5.41, 5.74) is 1.27. The van der Waals surface area contributed by atoms with Crippen LogP contribution in [0.1, 0.15) is 17.1 Å². The highest BCUT2D eigenvalue weighted by Gasteiger charge is 2.37. The summed E-state index contributed by atoms with van der Waals surface area (Å²) in [5, 5.41) is 3.53. The topological polar surface area (TPSA) is 46.3 Å². The molecule has 0 saturated heterocycles. The van der Waals surface area contributed by atoms with Crippen molar-refractivity contribution in [1.29, 1.82) is 0 Å². The molecular weight excluding hydrogens is 406 g/mol. The van der Waals surface area contributed by atoms with Gasteiger partial charge < -0.3 is 4.90 Å². The van der Waals surface area contributed by atoms with Crippen LogP contribution in [-0.4, -0.2) is 26.6 Å². The molecule has 10 heteroatoms. The number of hydrogen-bond acceptors (Lipinski definition) is 4. The minimum atomic E-state index is -4.66. The van der Waals surface area contributed by atoms with Crippen molar-refractivity contribution in [2.24, 2.45) is 0 Å². The van der Waals surface area contributed by atoms with Gasteiger partial charge in [0.1, 0.15) is 11.6 Å². The van der Waals surface area contributed by atoms with Crippen LogP contribution in [0.15, 0.2) is 28.7 Å². The molecule has 132 valence electrons. The quantitative estimate of drug-likeness (QED) is 0.604. The Morgan fingerprint density at radius 3 is 2.56 bits per heavy atom. The van der Waals surface area contributed by atoms with Crippen LogP contribution in [-0.2, 0) is 12.7 Å². The fourth-order valence-electron chi connectivity index (χ4n) is 2.35. The first-order valence-electron chi connectivity index (χ1n) is 7.12. The summed E-state index contributed by atoms with van der Waals surface area (Å²) in [5.74, 6) is -1.37. The molecule has 2 heterocycles. The van der Waals surface area contributed by atoms with E-state index in [0.717, 1.165) is 10.1 Å². The minimum Gasteiger partial charge on any atom is -0.355 e. The van der Waals surface area contributed by atoms with E-state index in [9.17, 15) is 17.6 Å². The van der Waals surface area contributed by atoms with Crippen LogP contribution in [0.4, 0.5) is 23.4 Å². The van der Waals surface area contributed by atoms with E-state index in [1.165, 1.54) is 12.1 Å². The molecule has 0 aliphatic rings. The van der Waals surface area contributed by atoms with Crippen molar-refractivity contribution < 1.29 is 17.6 Å². The third kappa shape index (κ3) is 3.58. The van der Waals surface area contributed by atoms with Crippen LogP contribution < -0.4 is 4.90 Å². The summed E-state index contributed by atoms with van der Waals surface area (Å²) >= 11 is 3.28. The number of aryl methyl sites for hydroxylation is 1. The van der Waals surface area contributed by atoms with Crippen LogP contribution >= 0.6 is 15.9 Å². The van der Waals surface area contributed by atoms with E-state index in [0.29, 0.717) is 22.5 Å². The third-order valence-electron chi connectivity index (χ3n) is 3.49. The molecule has 2 aromatic heterocycles. The fraction of sp³-hybridized carbons (Fsp3) is 0.267. The Morgan fingerprint density at radius 1 is 1.20 bits per heavy atom. The highest BCUT2D eigenvalue weighted by Crippen LogP contribution is 2.28. The Kier molecular flexibility index (Phi) is 4.40. The van der Waals surface area contributed by atoms with Crippen molar-refractivity contribution in [2.45, 2.75) is 19.6 Å². The standard InChI is InChI=1S/C15H12BrF4N5/c1-8-5-12(24(2)7-9-3-4-10(17)6-11(9)16)25-14(21-8)22-13(23-25)15(18,19)20/h3-6H,7H2,1-2H3. The normalized spacial score (nSPS) is 12.0. The molecule has 0 N–H and O–H groups in total. The lowest BCUT2D eigenvalue weighted by molar-refractivity contribution is -0.144. The molecule has 0 bridgehead atoms. The predicted octanol–water partition coefficient (Wildman–Crippen LogP) is 3.99. The highest BCUT2D eigenvalue weighted by molar-refractivity contribution is 9.10. The first kappa shape index (κ1) is 17.6. The van der Waals surface area contributed by atoms with Crippen molar-refractivity contribution in [1.82, 2.24) is 19.6 Å². The molecule has 0 spiro atoms. The zero-order valence-electron chi connectivity index (χ0n) is 13.1. The molecule has 0 aliphatic carbocycles. The molecule has 0 aliphatic heterocycles. The predicted molar refractivity (Wildman–Crippen MR) is 86.7 cm³/mol. The first-order chi connectivity index (χ1) is 11.6. The second-order valence-corrected chi connectivity index (χ2v) is 6.35. The molecule has 0 atom stereocenters. The Labute approximate surface area is 148 Å². The number of rotatable bonds is 3. The second-order valence-electron chi connectivity index (χ2n) is 5.49. The number of hydrogen-bond donors (Lipinski definition) is 0. The molecule has 3 aromatic rings. The number of anilines is 1. The Balaban J connectivity index is 2.03. The highest BCUT2D eigenvalue weighted by atomic mass is 79.9. The lowest BCUT2D eigenvalue weighted by Gasteiger charge is -2.20. The molecule has 3 rings (SSSR count). The lowest BCUT2D eigenvalue weighted by atomic mass is 10.2. The fourth-order valence-corrected chi connectivity index (χ4v) is 2.82. The van der Waals surface area contributed by atoms with Gasteiger partial charge >= 0.3 is 6.18 Å². The zero-order valence-corrected chi connectivity index (χ0v) is 14.7. The average molecular weight is 418 g/mol. The van der Waals surface area contributed by atoms with Gasteiger partial charge in [0.2, 0.25) is 0 Å². The van der Waals surface area contributed by atoms with E-state index in [1.807, 2.05) is 0 Å². The van der Waals surface area contributed by atoms with Crippen LogP contribution in [0.25, 0.3) is 5.78 Å². The molecule has 5 nitrogen and oxygen atoms in total. The van der Waals surface area contributed by atoms with Gasteiger partial charge in [0.05, 0.1) is 0 Å². The summed E-state index contributed by atoms with van der Waals surface area (Å²) in [4.78, 5) is 9.14. The summed E-state index contributed by atoms with van der Waals surface area (Å²) < 4.78 is 53.4. The monoisotopic (exact) mass is 417 g/mol. The smallest absolute Gasteiger partial charge is 0.355 e. The molecule has 25 heavy (non-hydrogen) atoms. The van der Waals surface area contributed by atoms with E-state index in [-0.39, 0.29) is 11.6 Å². The van der Waals surface area contributed by atoms with Gasteiger partial charge in [-0.3, -0.25) is 0 Å². The van der Waals surface area contributed by atoms with Gasteiger partial charge in [-0.2, -0.15) is 22.7 Å². The molecular formula is C15H12BrF4N5. The van der Waals surface area contributed by atoms with E-state index in [2.05, 4.69) is 31.0 Å². The summed E-state index contributed by atoms with van der Waals surface area (Å²) in [6.07, 6.45) is -4.66. The van der Waals surface area contributed by atoms with Crippen LogP contribution in [0, 0.1) is 12.7 Å². The number of halogens is 5. The van der Waals surface area contributed by atoms with E-state index < -0.39 is 12.0 Å². The maximum Gasteiger partial charge on any atom is 0.453 e. The Hall–Kier alpha value is -2.23. The van der Waals surface area contributed by atoms with E-state index in [4.69, 9.17) is 0 Å². The van der Waals surface area contributed by atoms with Crippen molar-refractivity contribution >= 4 is 27.5 Å². The maximum absolute atomic E-state index is 13.2. The van der Waals surface area contributed by atoms with Gasteiger partial charge in [0.15, 0.2) is 0 Å². The van der Waals surface area contributed by atoms with E-state index >= 15 is 0 Å². The third-order valence-corrected chi connectivity index (χ3v) is 4.23. The zero-order chi connectivity index (χ0) is 18.4. The average Bonchev–Trinajstić information content (AvgIpc) is 2.93. The van der Waals surface area contributed by atoms with Crippen LogP contribution in [0.3, 0.4) is 0 Å². The lowest BCUT2D eigenvalue weighted by Crippen LogP contribution is -2.20. The number of nitrogens with zero attached hydrogens (tertiary/aromatic N) is 5. The van der Waals surface area contributed by atoms with Gasteiger partial charge in [-0.15, -0.1) is 5.10 Å². The molecule has 0 unspecified atom stereocenters. The van der Waals surface area contributed by atoms with Gasteiger partial charge in [-0.1, -0.05) is 22.0 Å². The van der Waals surface area contributed by atoms with Crippen molar-refractivity contribution in [3.8, 4) is 0 Å². The molecule has 1 aromatic carbocycles. The molecule has 0 amide bonds. The van der Waals surface area contributed by atoms with Crippen molar-refractivity contribution in [3.05, 3.63) is 51.6 Å². The number of fused-ring (bicyclic) bond motifs is 1. The SMILES string of the molecule is Cc1cc(N(C)Cc2ccc(F)cc2Br)n2nc(C(F)(F)F)nc2n1. The second kappa shape index (κ2) is 6.25. The number of aromatic nitrogens is 4. The van der Waals surface area contributed by atoms with Crippen molar-refractivity contribution in [2.75, 3.05) is 11.9 Å². The minimum absolute atomic E-state index is 0.132. The Bertz CT molecular complexity index is 938. The van der Waals surface area contributed by atoms with Gasteiger partial charge in [0.25, 0.3) is 11.6 Å². The molecule has 0 saturated carbocycles. The number of alkyl halides is 3. The summed E-state index contributed by atoms with van der Waals surface area (Å²) in [6, 6.07) is 5.86. The molecule has 0 fully saturated rings. The van der Waals surface area contributed by atoms with Gasteiger partial charge in [0, 0.05) is 29.8 Å². The van der Waals surface area contributed by atoms with Crippen molar-refractivity contribution in [3.63, 3.8) is 0 Å².